The zero-order chi connectivity index (χ0) is 18.4. The zero-order valence-electron chi connectivity index (χ0n) is 14.4. The van der Waals surface area contributed by atoms with Crippen molar-refractivity contribution in [2.75, 3.05) is 24.4 Å². The van der Waals surface area contributed by atoms with E-state index in [0.29, 0.717) is 22.4 Å². The van der Waals surface area contributed by atoms with Gasteiger partial charge in [-0.1, -0.05) is 23.5 Å². The third-order valence-corrected chi connectivity index (χ3v) is 4.27. The molecule has 0 spiro atoms. The highest BCUT2D eigenvalue weighted by molar-refractivity contribution is 7.18. The van der Waals surface area contributed by atoms with E-state index in [9.17, 15) is 4.79 Å². The number of carbonyl (C=O) groups is 1. The van der Waals surface area contributed by atoms with Crippen molar-refractivity contribution in [3.05, 3.63) is 48.5 Å². The van der Waals surface area contributed by atoms with Crippen molar-refractivity contribution >= 4 is 28.2 Å². The maximum Gasteiger partial charge on any atom is 0.325 e. The number of nitrogens with zero attached hydrogens (tertiary/aromatic N) is 2. The molecule has 134 valence electrons. The van der Waals surface area contributed by atoms with E-state index in [2.05, 4.69) is 20.8 Å². The maximum atomic E-state index is 12.1. The fraction of sp³-hybridized carbons (Fsp3) is 0.167. The van der Waals surface area contributed by atoms with Gasteiger partial charge in [-0.2, -0.15) is 0 Å². The molecule has 0 radical (unpaired) electrons. The minimum Gasteiger partial charge on any atom is -0.497 e. The average molecular weight is 370 g/mol. The summed E-state index contributed by atoms with van der Waals surface area (Å²) in [5, 5.41) is 14.6. The van der Waals surface area contributed by atoms with Gasteiger partial charge in [-0.15, -0.1) is 10.2 Å². The van der Waals surface area contributed by atoms with Gasteiger partial charge < -0.3 is 14.8 Å². The lowest BCUT2D eigenvalue weighted by molar-refractivity contribution is 0.262. The number of benzene rings is 2. The Balaban J connectivity index is 1.62. The number of hydrogen-bond donors (Lipinski definition) is 2. The summed E-state index contributed by atoms with van der Waals surface area (Å²) in [7, 11) is 1.61. The SMILES string of the molecule is CCOc1ccc(NC(=O)Nc2nnc(-c3cccc(OC)c3)s2)cc1. The summed E-state index contributed by atoms with van der Waals surface area (Å²) in [6.07, 6.45) is 0. The van der Waals surface area contributed by atoms with E-state index in [4.69, 9.17) is 9.47 Å². The summed E-state index contributed by atoms with van der Waals surface area (Å²) in [6, 6.07) is 14.3. The van der Waals surface area contributed by atoms with Gasteiger partial charge in [-0.25, -0.2) is 4.79 Å². The van der Waals surface area contributed by atoms with Crippen molar-refractivity contribution in [1.82, 2.24) is 10.2 Å². The van der Waals surface area contributed by atoms with Crippen LogP contribution in [-0.2, 0) is 0 Å². The number of anilines is 2. The van der Waals surface area contributed by atoms with E-state index in [-0.39, 0.29) is 6.03 Å². The second kappa shape index (κ2) is 8.30. The monoisotopic (exact) mass is 370 g/mol. The Morgan fingerprint density at radius 1 is 1.08 bits per heavy atom. The fourth-order valence-corrected chi connectivity index (χ4v) is 2.94. The Labute approximate surface area is 155 Å². The van der Waals surface area contributed by atoms with Crippen LogP contribution in [0.2, 0.25) is 0 Å². The molecule has 0 aliphatic carbocycles. The number of hydrogen-bond acceptors (Lipinski definition) is 6. The first kappa shape index (κ1) is 17.7. The van der Waals surface area contributed by atoms with Gasteiger partial charge in [0.1, 0.15) is 16.5 Å². The predicted octanol–water partition coefficient (Wildman–Crippen LogP) is 4.26. The minimum absolute atomic E-state index is 0.387. The topological polar surface area (TPSA) is 85.4 Å². The third-order valence-electron chi connectivity index (χ3n) is 3.39. The van der Waals surface area contributed by atoms with Crippen LogP contribution in [0, 0.1) is 0 Å². The molecule has 0 saturated heterocycles. The third kappa shape index (κ3) is 4.48. The molecule has 3 aromatic rings. The molecule has 0 saturated carbocycles. The van der Waals surface area contributed by atoms with Crippen LogP contribution in [0.1, 0.15) is 6.92 Å². The summed E-state index contributed by atoms with van der Waals surface area (Å²) >= 11 is 1.28. The van der Waals surface area contributed by atoms with Crippen molar-refractivity contribution in [1.29, 1.82) is 0 Å². The van der Waals surface area contributed by atoms with Crippen molar-refractivity contribution in [2.45, 2.75) is 6.92 Å². The molecule has 1 heterocycles. The Morgan fingerprint density at radius 3 is 2.62 bits per heavy atom. The molecule has 0 fully saturated rings. The number of amides is 2. The van der Waals surface area contributed by atoms with Crippen LogP contribution >= 0.6 is 11.3 Å². The molecule has 1 aromatic heterocycles. The Bertz CT molecular complexity index is 880. The first-order chi connectivity index (χ1) is 12.7. The maximum absolute atomic E-state index is 12.1. The van der Waals surface area contributed by atoms with Gasteiger partial charge in [0.25, 0.3) is 0 Å². The lowest BCUT2D eigenvalue weighted by Crippen LogP contribution is -2.19. The van der Waals surface area contributed by atoms with Crippen LogP contribution in [0.4, 0.5) is 15.6 Å². The largest absolute Gasteiger partial charge is 0.497 e. The molecular formula is C18H18N4O3S. The first-order valence-corrected chi connectivity index (χ1v) is 8.78. The summed E-state index contributed by atoms with van der Waals surface area (Å²) in [5.74, 6) is 1.49. The lowest BCUT2D eigenvalue weighted by atomic mass is 10.2. The van der Waals surface area contributed by atoms with Gasteiger partial charge in [0.2, 0.25) is 5.13 Å². The molecule has 0 bridgehead atoms. The van der Waals surface area contributed by atoms with Crippen LogP contribution < -0.4 is 20.1 Å². The number of aromatic nitrogens is 2. The molecular weight excluding hydrogens is 352 g/mol. The number of ether oxygens (including phenoxy) is 2. The summed E-state index contributed by atoms with van der Waals surface area (Å²) < 4.78 is 10.6. The quantitative estimate of drug-likeness (QED) is 0.677. The molecule has 2 aromatic carbocycles. The van der Waals surface area contributed by atoms with Gasteiger partial charge in [-0.05, 0) is 43.3 Å². The van der Waals surface area contributed by atoms with Crippen LogP contribution in [0.15, 0.2) is 48.5 Å². The van der Waals surface area contributed by atoms with E-state index in [1.165, 1.54) is 11.3 Å². The summed E-state index contributed by atoms with van der Waals surface area (Å²) in [4.78, 5) is 12.1. The van der Waals surface area contributed by atoms with Crippen molar-refractivity contribution < 1.29 is 14.3 Å². The molecule has 2 N–H and O–H groups in total. The zero-order valence-corrected chi connectivity index (χ0v) is 15.2. The summed E-state index contributed by atoms with van der Waals surface area (Å²) in [6.45, 7) is 2.52. The highest BCUT2D eigenvalue weighted by Gasteiger charge is 2.10. The normalized spacial score (nSPS) is 10.2. The van der Waals surface area contributed by atoms with E-state index < -0.39 is 0 Å². The number of carbonyl (C=O) groups excluding carboxylic acids is 1. The van der Waals surface area contributed by atoms with Gasteiger partial charge in [-0.3, -0.25) is 5.32 Å². The number of methoxy groups -OCH3 is 1. The molecule has 0 aliphatic heterocycles. The summed E-state index contributed by atoms with van der Waals surface area (Å²) in [5.41, 5.74) is 1.53. The van der Waals surface area contributed by atoms with Gasteiger partial charge in [0.05, 0.1) is 13.7 Å². The van der Waals surface area contributed by atoms with Gasteiger partial charge >= 0.3 is 6.03 Å². The lowest BCUT2D eigenvalue weighted by Gasteiger charge is -2.06. The fourth-order valence-electron chi connectivity index (χ4n) is 2.21. The van der Waals surface area contributed by atoms with Crippen molar-refractivity contribution in [3.63, 3.8) is 0 Å². The second-order valence-electron chi connectivity index (χ2n) is 5.18. The molecule has 0 atom stereocenters. The van der Waals surface area contributed by atoms with Gasteiger partial charge in [0, 0.05) is 11.3 Å². The highest BCUT2D eigenvalue weighted by Crippen LogP contribution is 2.28. The smallest absolute Gasteiger partial charge is 0.325 e. The number of rotatable bonds is 6. The predicted molar refractivity (Wildman–Crippen MR) is 102 cm³/mol. The van der Waals surface area contributed by atoms with Crippen molar-refractivity contribution in [3.8, 4) is 22.1 Å². The van der Waals surface area contributed by atoms with Gasteiger partial charge in [0.15, 0.2) is 0 Å². The van der Waals surface area contributed by atoms with E-state index in [1.54, 1.807) is 31.4 Å². The Morgan fingerprint density at radius 2 is 1.88 bits per heavy atom. The molecule has 26 heavy (non-hydrogen) atoms. The average Bonchev–Trinajstić information content (AvgIpc) is 3.12. The first-order valence-electron chi connectivity index (χ1n) is 7.96. The number of urea groups is 1. The van der Waals surface area contributed by atoms with Crippen LogP contribution in [0.3, 0.4) is 0 Å². The molecule has 0 aliphatic rings. The standard InChI is InChI=1S/C18H18N4O3S/c1-3-25-14-9-7-13(8-10-14)19-17(23)20-18-22-21-16(26-18)12-5-4-6-15(11-12)24-2/h4-11H,3H2,1-2H3,(H2,19,20,22,23). The van der Waals surface area contributed by atoms with Crippen LogP contribution in [0.5, 0.6) is 11.5 Å². The Hall–Kier alpha value is -3.13. The highest BCUT2D eigenvalue weighted by atomic mass is 32.1. The molecule has 0 unspecified atom stereocenters. The molecule has 7 nitrogen and oxygen atoms in total. The van der Waals surface area contributed by atoms with Crippen LogP contribution in [0.25, 0.3) is 10.6 Å². The van der Waals surface area contributed by atoms with Crippen LogP contribution in [-0.4, -0.2) is 29.9 Å². The van der Waals surface area contributed by atoms with E-state index in [1.807, 2.05) is 31.2 Å². The molecule has 8 heteroatoms. The molecule has 3 rings (SSSR count). The van der Waals surface area contributed by atoms with E-state index >= 15 is 0 Å². The Kier molecular flexibility index (Phi) is 5.65. The van der Waals surface area contributed by atoms with Crippen molar-refractivity contribution in [2.24, 2.45) is 0 Å². The van der Waals surface area contributed by atoms with E-state index in [0.717, 1.165) is 17.1 Å². The second-order valence-corrected chi connectivity index (χ2v) is 6.16. The number of nitrogens with one attached hydrogen (secondary N) is 2. The molecule has 2 amide bonds. The minimum atomic E-state index is -0.387.